The summed E-state index contributed by atoms with van der Waals surface area (Å²) >= 11 is 6.40. The zero-order chi connectivity index (χ0) is 9.97. The molecule has 2 aromatic heterocycles. The van der Waals surface area contributed by atoms with Gasteiger partial charge in [-0.1, -0.05) is 11.3 Å². The summed E-state index contributed by atoms with van der Waals surface area (Å²) in [5.41, 5.74) is 2.89. The first-order chi connectivity index (χ1) is 6.75. The van der Waals surface area contributed by atoms with Crippen molar-refractivity contribution in [1.29, 1.82) is 0 Å². The SMILES string of the molecule is CN(Cc1cscn1)c1nnc(Br)s1. The molecule has 7 heteroatoms. The molecule has 74 valence electrons. The zero-order valence-corrected chi connectivity index (χ0v) is 10.6. The van der Waals surface area contributed by atoms with Crippen molar-refractivity contribution in [1.82, 2.24) is 15.2 Å². The molecule has 4 nitrogen and oxygen atoms in total. The molecular formula is C7H7BrN4S2. The number of hydrogen-bond donors (Lipinski definition) is 0. The maximum atomic E-state index is 4.21. The van der Waals surface area contributed by atoms with Gasteiger partial charge < -0.3 is 4.90 Å². The Morgan fingerprint density at radius 3 is 2.93 bits per heavy atom. The Morgan fingerprint density at radius 1 is 1.50 bits per heavy atom. The Balaban J connectivity index is 2.06. The lowest BCUT2D eigenvalue weighted by Gasteiger charge is -2.12. The normalized spacial score (nSPS) is 10.4. The lowest BCUT2D eigenvalue weighted by atomic mass is 10.5. The Bertz CT molecular complexity index is 399. The van der Waals surface area contributed by atoms with E-state index in [0.717, 1.165) is 21.3 Å². The van der Waals surface area contributed by atoms with E-state index in [2.05, 4.69) is 31.1 Å². The molecule has 0 aliphatic rings. The molecule has 2 aromatic rings. The second-order valence-corrected chi connectivity index (χ2v) is 5.62. The van der Waals surface area contributed by atoms with Crippen molar-refractivity contribution in [2.45, 2.75) is 6.54 Å². The van der Waals surface area contributed by atoms with Crippen molar-refractivity contribution in [2.24, 2.45) is 0 Å². The van der Waals surface area contributed by atoms with Crippen LogP contribution in [0.2, 0.25) is 0 Å². The fourth-order valence-corrected chi connectivity index (χ4v) is 2.58. The van der Waals surface area contributed by atoms with Gasteiger partial charge in [0.25, 0.3) is 0 Å². The molecule has 0 N–H and O–H groups in total. The van der Waals surface area contributed by atoms with Gasteiger partial charge in [-0.3, -0.25) is 0 Å². The molecule has 0 bridgehead atoms. The van der Waals surface area contributed by atoms with E-state index in [1.807, 2.05) is 22.8 Å². The van der Waals surface area contributed by atoms with Crippen LogP contribution in [0.4, 0.5) is 5.13 Å². The average Bonchev–Trinajstić information content (AvgIpc) is 2.75. The average molecular weight is 291 g/mol. The first kappa shape index (κ1) is 10.0. The predicted octanol–water partition coefficient (Wildman–Crippen LogP) is 2.39. The molecule has 0 unspecified atom stereocenters. The first-order valence-corrected chi connectivity index (χ1v) is 6.38. The highest BCUT2D eigenvalue weighted by Gasteiger charge is 2.08. The second-order valence-electron chi connectivity index (χ2n) is 2.67. The molecule has 0 fully saturated rings. The topological polar surface area (TPSA) is 41.9 Å². The monoisotopic (exact) mass is 290 g/mol. The third kappa shape index (κ3) is 2.28. The molecule has 0 aromatic carbocycles. The maximum Gasteiger partial charge on any atom is 0.209 e. The standard InChI is InChI=1S/C7H7BrN4S2/c1-12(2-5-3-13-4-9-5)7-11-10-6(8)14-7/h3-4H,2H2,1H3. The van der Waals surface area contributed by atoms with Crippen molar-refractivity contribution in [2.75, 3.05) is 11.9 Å². The molecule has 14 heavy (non-hydrogen) atoms. The van der Waals surface area contributed by atoms with E-state index < -0.39 is 0 Å². The van der Waals surface area contributed by atoms with Crippen LogP contribution >= 0.6 is 38.6 Å². The number of rotatable bonds is 3. The van der Waals surface area contributed by atoms with Gasteiger partial charge in [0.2, 0.25) is 5.13 Å². The van der Waals surface area contributed by atoms with Crippen molar-refractivity contribution in [3.05, 3.63) is 20.5 Å². The van der Waals surface area contributed by atoms with Gasteiger partial charge in [0, 0.05) is 12.4 Å². The summed E-state index contributed by atoms with van der Waals surface area (Å²) in [7, 11) is 1.98. The number of thiazole rings is 1. The van der Waals surface area contributed by atoms with Crippen LogP contribution in [-0.2, 0) is 6.54 Å². The molecule has 0 saturated carbocycles. The fraction of sp³-hybridized carbons (Fsp3) is 0.286. The van der Waals surface area contributed by atoms with Gasteiger partial charge in [0.1, 0.15) is 0 Å². The van der Waals surface area contributed by atoms with E-state index in [1.165, 1.54) is 11.3 Å². The molecule has 0 aliphatic carbocycles. The van der Waals surface area contributed by atoms with Crippen molar-refractivity contribution in [3.8, 4) is 0 Å². The van der Waals surface area contributed by atoms with Gasteiger partial charge in [-0.05, 0) is 15.9 Å². The predicted molar refractivity (Wildman–Crippen MR) is 61.8 cm³/mol. The Kier molecular flexibility index (Phi) is 3.09. The summed E-state index contributed by atoms with van der Waals surface area (Å²) < 4.78 is 0.803. The van der Waals surface area contributed by atoms with Crippen LogP contribution in [0.3, 0.4) is 0 Å². The van der Waals surface area contributed by atoms with E-state index in [-0.39, 0.29) is 0 Å². The van der Waals surface area contributed by atoms with Crippen molar-refractivity contribution < 1.29 is 0 Å². The van der Waals surface area contributed by atoms with Crippen LogP contribution in [-0.4, -0.2) is 22.2 Å². The molecule has 0 saturated heterocycles. The molecule has 0 aliphatic heterocycles. The number of aromatic nitrogens is 3. The summed E-state index contributed by atoms with van der Waals surface area (Å²) in [4.78, 5) is 6.24. The summed E-state index contributed by atoms with van der Waals surface area (Å²) in [6, 6.07) is 0. The van der Waals surface area contributed by atoms with Crippen LogP contribution in [0.25, 0.3) is 0 Å². The Labute approximate surface area is 97.8 Å². The van der Waals surface area contributed by atoms with Gasteiger partial charge in [-0.25, -0.2) is 4.98 Å². The molecular weight excluding hydrogens is 284 g/mol. The van der Waals surface area contributed by atoms with Gasteiger partial charge >= 0.3 is 0 Å². The second kappa shape index (κ2) is 4.33. The van der Waals surface area contributed by atoms with E-state index in [4.69, 9.17) is 0 Å². The molecule has 0 radical (unpaired) electrons. The zero-order valence-electron chi connectivity index (χ0n) is 7.35. The minimum absolute atomic E-state index is 0.769. The summed E-state index contributed by atoms with van der Waals surface area (Å²) in [6.07, 6.45) is 0. The van der Waals surface area contributed by atoms with Crippen LogP contribution in [0.15, 0.2) is 14.8 Å². The Hall–Kier alpha value is -0.530. The number of hydrogen-bond acceptors (Lipinski definition) is 6. The van der Waals surface area contributed by atoms with Crippen LogP contribution in [0, 0.1) is 0 Å². The summed E-state index contributed by atoms with van der Waals surface area (Å²) in [6.45, 7) is 0.769. The highest BCUT2D eigenvalue weighted by Crippen LogP contribution is 2.24. The molecule has 0 spiro atoms. The van der Waals surface area contributed by atoms with Gasteiger partial charge in [0.05, 0.1) is 17.7 Å². The lowest BCUT2D eigenvalue weighted by Crippen LogP contribution is -2.16. The van der Waals surface area contributed by atoms with E-state index in [9.17, 15) is 0 Å². The van der Waals surface area contributed by atoms with E-state index in [0.29, 0.717) is 0 Å². The maximum absolute atomic E-state index is 4.21. The van der Waals surface area contributed by atoms with Crippen molar-refractivity contribution >= 4 is 43.7 Å². The van der Waals surface area contributed by atoms with Crippen LogP contribution < -0.4 is 4.90 Å². The van der Waals surface area contributed by atoms with E-state index >= 15 is 0 Å². The molecule has 0 atom stereocenters. The highest BCUT2D eigenvalue weighted by molar-refractivity contribution is 9.11. The largest absolute Gasteiger partial charge is 0.344 e. The van der Waals surface area contributed by atoms with Gasteiger partial charge in [0.15, 0.2) is 3.92 Å². The van der Waals surface area contributed by atoms with E-state index in [1.54, 1.807) is 11.3 Å². The lowest BCUT2D eigenvalue weighted by molar-refractivity contribution is 0.871. The van der Waals surface area contributed by atoms with Crippen molar-refractivity contribution in [3.63, 3.8) is 0 Å². The summed E-state index contributed by atoms with van der Waals surface area (Å²) in [5.74, 6) is 0. The van der Waals surface area contributed by atoms with Crippen LogP contribution in [0.5, 0.6) is 0 Å². The van der Waals surface area contributed by atoms with Crippen LogP contribution in [0.1, 0.15) is 5.69 Å². The first-order valence-electron chi connectivity index (χ1n) is 3.83. The van der Waals surface area contributed by atoms with Gasteiger partial charge in [-0.2, -0.15) is 0 Å². The minimum Gasteiger partial charge on any atom is -0.344 e. The molecule has 2 heterocycles. The number of halogens is 1. The summed E-state index contributed by atoms with van der Waals surface area (Å²) in [5, 5.41) is 10.8. The Morgan fingerprint density at radius 2 is 2.36 bits per heavy atom. The minimum atomic E-state index is 0.769. The third-order valence-corrected chi connectivity index (χ3v) is 3.70. The van der Waals surface area contributed by atoms with Gasteiger partial charge in [-0.15, -0.1) is 21.5 Å². The quantitative estimate of drug-likeness (QED) is 0.871. The smallest absolute Gasteiger partial charge is 0.209 e. The highest BCUT2D eigenvalue weighted by atomic mass is 79.9. The number of nitrogens with zero attached hydrogens (tertiary/aromatic N) is 4. The molecule has 2 rings (SSSR count). The number of anilines is 1. The molecule has 0 amide bonds. The third-order valence-electron chi connectivity index (χ3n) is 1.60. The fourth-order valence-electron chi connectivity index (χ4n) is 0.979.